The van der Waals surface area contributed by atoms with Gasteiger partial charge in [-0.25, -0.2) is 5.43 Å². The van der Waals surface area contributed by atoms with E-state index in [0.717, 1.165) is 5.56 Å². The minimum Gasteiger partial charge on any atom is -0.493 e. The molecule has 0 fully saturated rings. The van der Waals surface area contributed by atoms with Crippen LogP contribution in [0, 0.1) is 0 Å². The molecule has 0 aliphatic heterocycles. The molecule has 0 radical (unpaired) electrons. The van der Waals surface area contributed by atoms with E-state index in [1.54, 1.807) is 30.3 Å². The van der Waals surface area contributed by atoms with Crippen molar-refractivity contribution in [2.75, 3.05) is 7.11 Å². The maximum atomic E-state index is 12.3. The highest BCUT2D eigenvalue weighted by atomic mass is 35.5. The van der Waals surface area contributed by atoms with Gasteiger partial charge in [0, 0.05) is 10.6 Å². The number of benzene rings is 2. The maximum absolute atomic E-state index is 12.3. The van der Waals surface area contributed by atoms with Crippen LogP contribution in [0.3, 0.4) is 0 Å². The molecule has 0 saturated carbocycles. The van der Waals surface area contributed by atoms with Crippen molar-refractivity contribution < 1.29 is 14.3 Å². The summed E-state index contributed by atoms with van der Waals surface area (Å²) >= 11 is 5.86. The fourth-order valence-corrected chi connectivity index (χ4v) is 2.24. The van der Waals surface area contributed by atoms with Gasteiger partial charge in [0.25, 0.3) is 5.91 Å². The van der Waals surface area contributed by atoms with Crippen LogP contribution in [0.15, 0.2) is 47.6 Å². The molecule has 0 aromatic heterocycles. The maximum Gasteiger partial charge on any atom is 0.271 e. The number of hydrazone groups is 1. The van der Waals surface area contributed by atoms with Crippen molar-refractivity contribution in [2.24, 2.45) is 5.10 Å². The van der Waals surface area contributed by atoms with Crippen LogP contribution >= 0.6 is 11.6 Å². The molecule has 2 aromatic carbocycles. The Bertz CT molecular complexity index is 771. The van der Waals surface area contributed by atoms with Gasteiger partial charge in [-0.05, 0) is 56.7 Å². The normalized spacial score (nSPS) is 11.4. The Labute approximate surface area is 152 Å². The van der Waals surface area contributed by atoms with Gasteiger partial charge in [0.1, 0.15) is 0 Å². The number of nitrogens with zero attached hydrogens (tertiary/aromatic N) is 1. The summed E-state index contributed by atoms with van der Waals surface area (Å²) in [5.74, 6) is 0.761. The summed E-state index contributed by atoms with van der Waals surface area (Å²) in [6.45, 7) is 5.66. The number of hydrogen-bond donors (Lipinski definition) is 1. The number of halogens is 1. The van der Waals surface area contributed by atoms with Gasteiger partial charge >= 0.3 is 0 Å². The van der Waals surface area contributed by atoms with Crippen molar-refractivity contribution in [1.29, 1.82) is 0 Å². The SMILES string of the molecule is COc1cc(C(=O)N/N=C(/C)c2ccc(Cl)cc2)ccc1OC(C)C. The zero-order valence-corrected chi connectivity index (χ0v) is 15.4. The standard InChI is InChI=1S/C19H21ClN2O3/c1-12(2)25-17-10-7-15(11-18(17)24-4)19(23)22-21-13(3)14-5-8-16(20)9-6-14/h5-12H,1-4H3,(H,22,23)/b21-13-. The van der Waals surface area contributed by atoms with E-state index in [-0.39, 0.29) is 12.0 Å². The van der Waals surface area contributed by atoms with E-state index < -0.39 is 0 Å². The monoisotopic (exact) mass is 360 g/mol. The first-order chi connectivity index (χ1) is 11.9. The summed E-state index contributed by atoms with van der Waals surface area (Å²) in [6, 6.07) is 12.2. The van der Waals surface area contributed by atoms with Crippen LogP contribution in [0.5, 0.6) is 11.5 Å². The molecule has 2 rings (SSSR count). The van der Waals surface area contributed by atoms with E-state index in [9.17, 15) is 4.79 Å². The number of carbonyl (C=O) groups excluding carboxylic acids is 1. The number of rotatable bonds is 6. The van der Waals surface area contributed by atoms with Gasteiger partial charge in [0.05, 0.1) is 18.9 Å². The molecule has 6 heteroatoms. The first-order valence-corrected chi connectivity index (χ1v) is 8.23. The molecule has 0 unspecified atom stereocenters. The zero-order chi connectivity index (χ0) is 18.4. The molecule has 0 aliphatic carbocycles. The molecule has 0 saturated heterocycles. The molecular formula is C19H21ClN2O3. The van der Waals surface area contributed by atoms with Gasteiger partial charge in [-0.1, -0.05) is 23.7 Å². The van der Waals surface area contributed by atoms with Crippen LogP contribution in [-0.2, 0) is 0 Å². The van der Waals surface area contributed by atoms with Crippen molar-refractivity contribution in [1.82, 2.24) is 5.43 Å². The third-order valence-electron chi connectivity index (χ3n) is 3.38. The molecule has 132 valence electrons. The smallest absolute Gasteiger partial charge is 0.271 e. The number of carbonyl (C=O) groups is 1. The molecule has 0 bridgehead atoms. The van der Waals surface area contributed by atoms with E-state index in [2.05, 4.69) is 10.5 Å². The number of hydrogen-bond acceptors (Lipinski definition) is 4. The Balaban J connectivity index is 2.12. The number of nitrogens with one attached hydrogen (secondary N) is 1. The van der Waals surface area contributed by atoms with Crippen molar-refractivity contribution in [3.63, 3.8) is 0 Å². The second-order valence-corrected chi connectivity index (χ2v) is 6.11. The number of amides is 1. The van der Waals surface area contributed by atoms with Crippen molar-refractivity contribution in [2.45, 2.75) is 26.9 Å². The quantitative estimate of drug-likeness (QED) is 0.617. The van der Waals surface area contributed by atoms with Gasteiger partial charge in [-0.3, -0.25) is 4.79 Å². The van der Waals surface area contributed by atoms with Crippen LogP contribution in [0.4, 0.5) is 0 Å². The summed E-state index contributed by atoms with van der Waals surface area (Å²) in [6.07, 6.45) is 0.0141. The molecule has 1 N–H and O–H groups in total. The van der Waals surface area contributed by atoms with Gasteiger partial charge < -0.3 is 9.47 Å². The molecule has 5 nitrogen and oxygen atoms in total. The van der Waals surface area contributed by atoms with Gasteiger partial charge in [-0.15, -0.1) is 0 Å². The minimum atomic E-state index is -0.331. The van der Waals surface area contributed by atoms with Crippen LogP contribution in [0.2, 0.25) is 5.02 Å². The minimum absolute atomic E-state index is 0.0141. The Morgan fingerprint density at radius 3 is 2.32 bits per heavy atom. The van der Waals surface area contributed by atoms with Crippen molar-refractivity contribution in [3.05, 3.63) is 58.6 Å². The largest absolute Gasteiger partial charge is 0.493 e. The summed E-state index contributed by atoms with van der Waals surface area (Å²) in [4.78, 5) is 12.3. The van der Waals surface area contributed by atoms with Crippen LogP contribution in [-0.4, -0.2) is 24.8 Å². The summed E-state index contributed by atoms with van der Waals surface area (Å²) in [5.41, 5.74) is 4.53. The lowest BCUT2D eigenvalue weighted by Gasteiger charge is -2.14. The highest BCUT2D eigenvalue weighted by molar-refractivity contribution is 6.30. The van der Waals surface area contributed by atoms with E-state index in [0.29, 0.717) is 27.8 Å². The molecule has 1 amide bonds. The highest BCUT2D eigenvalue weighted by Gasteiger charge is 2.12. The average Bonchev–Trinajstić information content (AvgIpc) is 2.59. The lowest BCUT2D eigenvalue weighted by Crippen LogP contribution is -2.19. The Morgan fingerprint density at radius 2 is 1.72 bits per heavy atom. The third kappa shape index (κ3) is 5.22. The molecule has 25 heavy (non-hydrogen) atoms. The predicted molar refractivity (Wildman–Crippen MR) is 99.9 cm³/mol. The Morgan fingerprint density at radius 1 is 1.08 bits per heavy atom. The van der Waals surface area contributed by atoms with Crippen LogP contribution < -0.4 is 14.9 Å². The third-order valence-corrected chi connectivity index (χ3v) is 3.63. The average molecular weight is 361 g/mol. The summed E-state index contributed by atoms with van der Waals surface area (Å²) in [7, 11) is 1.53. The van der Waals surface area contributed by atoms with E-state index in [4.69, 9.17) is 21.1 Å². The van der Waals surface area contributed by atoms with Crippen molar-refractivity contribution >= 4 is 23.2 Å². The molecular weight excluding hydrogens is 340 g/mol. The summed E-state index contributed by atoms with van der Waals surface area (Å²) < 4.78 is 10.9. The fraction of sp³-hybridized carbons (Fsp3) is 0.263. The topological polar surface area (TPSA) is 59.9 Å². The fourth-order valence-electron chi connectivity index (χ4n) is 2.11. The molecule has 0 aliphatic rings. The zero-order valence-electron chi connectivity index (χ0n) is 14.7. The Kier molecular flexibility index (Phi) is 6.42. The second kappa shape index (κ2) is 8.53. The second-order valence-electron chi connectivity index (χ2n) is 5.68. The van der Waals surface area contributed by atoms with Crippen LogP contribution in [0.25, 0.3) is 0 Å². The molecule has 0 heterocycles. The van der Waals surface area contributed by atoms with Gasteiger partial charge in [-0.2, -0.15) is 5.10 Å². The number of ether oxygens (including phenoxy) is 2. The van der Waals surface area contributed by atoms with E-state index >= 15 is 0 Å². The predicted octanol–water partition coefficient (Wildman–Crippen LogP) is 4.29. The molecule has 0 atom stereocenters. The number of methoxy groups -OCH3 is 1. The molecule has 2 aromatic rings. The first-order valence-electron chi connectivity index (χ1n) is 7.86. The van der Waals surface area contributed by atoms with Crippen LogP contribution in [0.1, 0.15) is 36.7 Å². The lowest BCUT2D eigenvalue weighted by atomic mass is 10.1. The first kappa shape index (κ1) is 18.8. The van der Waals surface area contributed by atoms with Gasteiger partial charge in [0.15, 0.2) is 11.5 Å². The highest BCUT2D eigenvalue weighted by Crippen LogP contribution is 2.28. The van der Waals surface area contributed by atoms with Gasteiger partial charge in [0.2, 0.25) is 0 Å². The lowest BCUT2D eigenvalue weighted by molar-refractivity contribution is 0.0954. The van der Waals surface area contributed by atoms with E-state index in [1.807, 2.05) is 32.9 Å². The summed E-state index contributed by atoms with van der Waals surface area (Å²) in [5, 5.41) is 4.78. The van der Waals surface area contributed by atoms with E-state index in [1.165, 1.54) is 7.11 Å². The molecule has 0 spiro atoms. The van der Waals surface area contributed by atoms with Crippen molar-refractivity contribution in [3.8, 4) is 11.5 Å². The Hall–Kier alpha value is -2.53.